The van der Waals surface area contributed by atoms with E-state index in [1.807, 2.05) is 54.6 Å². The molecule has 2 aromatic rings. The Morgan fingerprint density at radius 2 is 1.61 bits per heavy atom. The zero-order valence-corrected chi connectivity index (χ0v) is 19.1. The Kier molecular flexibility index (Phi) is 8.20. The van der Waals surface area contributed by atoms with E-state index in [1.165, 1.54) is 0 Å². The number of carbonyl (C=O) groups is 3. The number of piperidine rings is 1. The van der Waals surface area contributed by atoms with Crippen molar-refractivity contribution in [3.8, 4) is 0 Å². The molecule has 0 unspecified atom stereocenters. The van der Waals surface area contributed by atoms with Crippen LogP contribution in [-0.2, 0) is 14.4 Å². The van der Waals surface area contributed by atoms with Gasteiger partial charge in [0, 0.05) is 29.2 Å². The summed E-state index contributed by atoms with van der Waals surface area (Å²) in [6.45, 7) is 1.36. The molecule has 0 bridgehead atoms. The lowest BCUT2D eigenvalue weighted by molar-refractivity contribution is -0.135. The van der Waals surface area contributed by atoms with Crippen LogP contribution in [0.25, 0.3) is 0 Å². The zero-order chi connectivity index (χ0) is 22.2. The van der Waals surface area contributed by atoms with Gasteiger partial charge in [-0.1, -0.05) is 30.3 Å². The van der Waals surface area contributed by atoms with Crippen LogP contribution in [0, 0.1) is 5.92 Å². The number of rotatable bonds is 7. The molecule has 0 saturated carbocycles. The van der Waals surface area contributed by atoms with E-state index in [4.69, 9.17) is 0 Å². The van der Waals surface area contributed by atoms with Gasteiger partial charge in [0.2, 0.25) is 17.7 Å². The average molecular weight is 487 g/mol. The molecule has 0 aliphatic carbocycles. The van der Waals surface area contributed by atoms with Gasteiger partial charge in [0.15, 0.2) is 0 Å². The van der Waals surface area contributed by atoms with E-state index in [0.29, 0.717) is 31.6 Å². The molecule has 3 amide bonds. The van der Waals surface area contributed by atoms with E-state index < -0.39 is 0 Å². The van der Waals surface area contributed by atoms with E-state index in [9.17, 15) is 14.4 Å². The number of benzene rings is 2. The van der Waals surface area contributed by atoms with Crippen LogP contribution in [-0.4, -0.2) is 60.7 Å². The number of likely N-dealkylation sites (tertiary alicyclic amines) is 1. The van der Waals surface area contributed by atoms with E-state index in [2.05, 4.69) is 26.6 Å². The maximum atomic E-state index is 12.6. The van der Waals surface area contributed by atoms with Crippen molar-refractivity contribution >= 4 is 45.0 Å². The van der Waals surface area contributed by atoms with Crippen LogP contribution in [0.15, 0.2) is 59.1 Å². The fraction of sp³-hybridized carbons (Fsp3) is 0.348. The molecule has 1 aliphatic heterocycles. The molecular formula is C23H27BrN4O3. The molecule has 0 radical (unpaired) electrons. The van der Waals surface area contributed by atoms with E-state index >= 15 is 0 Å². The molecule has 2 N–H and O–H groups in total. The molecule has 31 heavy (non-hydrogen) atoms. The number of carbonyl (C=O) groups excluding carboxylic acids is 3. The van der Waals surface area contributed by atoms with Crippen molar-refractivity contribution in [3.63, 3.8) is 0 Å². The third-order valence-electron chi connectivity index (χ3n) is 5.23. The summed E-state index contributed by atoms with van der Waals surface area (Å²) in [5.41, 5.74) is 1.48. The highest BCUT2D eigenvalue weighted by molar-refractivity contribution is 9.10. The number of anilines is 2. The maximum Gasteiger partial charge on any atom is 0.238 e. The van der Waals surface area contributed by atoms with Gasteiger partial charge in [-0.05, 0) is 60.1 Å². The number of halogens is 1. The number of hydrogen-bond acceptors (Lipinski definition) is 4. The highest BCUT2D eigenvalue weighted by Crippen LogP contribution is 2.21. The lowest BCUT2D eigenvalue weighted by Gasteiger charge is -2.32. The van der Waals surface area contributed by atoms with Crippen LogP contribution in [0.1, 0.15) is 12.8 Å². The Morgan fingerprint density at radius 3 is 2.29 bits per heavy atom. The van der Waals surface area contributed by atoms with Gasteiger partial charge < -0.3 is 15.5 Å². The van der Waals surface area contributed by atoms with Crippen molar-refractivity contribution in [2.75, 3.05) is 43.9 Å². The van der Waals surface area contributed by atoms with Gasteiger partial charge in [-0.15, -0.1) is 0 Å². The molecule has 2 aromatic carbocycles. The summed E-state index contributed by atoms with van der Waals surface area (Å²) in [5, 5.41) is 5.77. The summed E-state index contributed by atoms with van der Waals surface area (Å²) in [6, 6.07) is 16.8. The van der Waals surface area contributed by atoms with Gasteiger partial charge in [0.05, 0.1) is 18.8 Å². The summed E-state index contributed by atoms with van der Waals surface area (Å²) in [6.07, 6.45) is 1.27. The number of amides is 3. The third-order valence-corrected chi connectivity index (χ3v) is 5.92. The predicted octanol–water partition coefficient (Wildman–Crippen LogP) is 3.20. The SMILES string of the molecule is CN(CC(=O)Nc1ccccc1Br)CC(=O)N1CCC(C(=O)Nc2ccccc2)CC1. The molecule has 0 spiro atoms. The van der Waals surface area contributed by atoms with Gasteiger partial charge in [-0.3, -0.25) is 19.3 Å². The van der Waals surface area contributed by atoms with Gasteiger partial charge in [-0.2, -0.15) is 0 Å². The highest BCUT2D eigenvalue weighted by atomic mass is 79.9. The Balaban J connectivity index is 1.40. The fourth-order valence-corrected chi connectivity index (χ4v) is 3.93. The number of para-hydroxylation sites is 2. The molecule has 1 aliphatic rings. The standard InChI is InChI=1S/C23H27BrN4O3/c1-27(15-21(29)26-20-10-6-5-9-19(20)24)16-22(30)28-13-11-17(12-14-28)23(31)25-18-7-3-2-4-8-18/h2-10,17H,11-16H2,1H3,(H,25,31)(H,26,29). The zero-order valence-electron chi connectivity index (χ0n) is 17.5. The molecule has 1 heterocycles. The molecule has 8 heteroatoms. The first-order valence-corrected chi connectivity index (χ1v) is 11.1. The summed E-state index contributed by atoms with van der Waals surface area (Å²) >= 11 is 3.40. The first-order chi connectivity index (χ1) is 14.9. The third kappa shape index (κ3) is 6.90. The van der Waals surface area contributed by atoms with Gasteiger partial charge in [-0.25, -0.2) is 0 Å². The monoisotopic (exact) mass is 486 g/mol. The summed E-state index contributed by atoms with van der Waals surface area (Å²) < 4.78 is 0.807. The van der Waals surface area contributed by atoms with Gasteiger partial charge >= 0.3 is 0 Å². The fourth-order valence-electron chi connectivity index (χ4n) is 3.54. The lowest BCUT2D eigenvalue weighted by Crippen LogP contribution is -2.46. The molecule has 1 saturated heterocycles. The average Bonchev–Trinajstić information content (AvgIpc) is 2.76. The molecule has 3 rings (SSSR count). The minimum Gasteiger partial charge on any atom is -0.342 e. The van der Waals surface area contributed by atoms with Crippen molar-refractivity contribution in [3.05, 3.63) is 59.1 Å². The number of likely N-dealkylation sites (N-methyl/N-ethyl adjacent to an activating group) is 1. The van der Waals surface area contributed by atoms with E-state index in [0.717, 1.165) is 10.2 Å². The molecule has 0 atom stereocenters. The van der Waals surface area contributed by atoms with Crippen LogP contribution in [0.5, 0.6) is 0 Å². The first kappa shape index (κ1) is 23.0. The van der Waals surface area contributed by atoms with E-state index in [1.54, 1.807) is 16.8 Å². The second-order valence-electron chi connectivity index (χ2n) is 7.71. The summed E-state index contributed by atoms with van der Waals surface area (Å²) in [5.74, 6) is -0.312. The number of hydrogen-bond donors (Lipinski definition) is 2. The Labute approximate surface area is 190 Å². The molecular weight excluding hydrogens is 460 g/mol. The minimum absolute atomic E-state index is 0.000777. The maximum absolute atomic E-state index is 12.6. The minimum atomic E-state index is -0.182. The van der Waals surface area contributed by atoms with Crippen molar-refractivity contribution in [1.29, 1.82) is 0 Å². The van der Waals surface area contributed by atoms with Crippen molar-refractivity contribution < 1.29 is 14.4 Å². The summed E-state index contributed by atoms with van der Waals surface area (Å²) in [7, 11) is 1.75. The van der Waals surface area contributed by atoms with Gasteiger partial charge in [0.1, 0.15) is 0 Å². The normalized spacial score (nSPS) is 14.4. The topological polar surface area (TPSA) is 81.8 Å². The second-order valence-corrected chi connectivity index (χ2v) is 8.56. The summed E-state index contributed by atoms with van der Waals surface area (Å²) in [4.78, 5) is 40.8. The molecule has 1 fully saturated rings. The second kappa shape index (κ2) is 11.1. The predicted molar refractivity (Wildman–Crippen MR) is 125 cm³/mol. The highest BCUT2D eigenvalue weighted by Gasteiger charge is 2.28. The Bertz CT molecular complexity index is 914. The van der Waals surface area contributed by atoms with Crippen molar-refractivity contribution in [2.24, 2.45) is 5.92 Å². The largest absolute Gasteiger partial charge is 0.342 e. The van der Waals surface area contributed by atoms with Crippen LogP contribution in [0.4, 0.5) is 11.4 Å². The number of nitrogens with zero attached hydrogens (tertiary/aromatic N) is 2. The van der Waals surface area contributed by atoms with Crippen molar-refractivity contribution in [1.82, 2.24) is 9.80 Å². The quantitative estimate of drug-likeness (QED) is 0.629. The van der Waals surface area contributed by atoms with Crippen LogP contribution < -0.4 is 10.6 Å². The van der Waals surface area contributed by atoms with E-state index in [-0.39, 0.29) is 36.7 Å². The smallest absolute Gasteiger partial charge is 0.238 e. The van der Waals surface area contributed by atoms with Crippen LogP contribution >= 0.6 is 15.9 Å². The Hall–Kier alpha value is -2.71. The van der Waals surface area contributed by atoms with Gasteiger partial charge in [0.25, 0.3) is 0 Å². The Morgan fingerprint density at radius 1 is 0.968 bits per heavy atom. The van der Waals surface area contributed by atoms with Crippen LogP contribution in [0.2, 0.25) is 0 Å². The number of nitrogens with one attached hydrogen (secondary N) is 2. The van der Waals surface area contributed by atoms with Crippen LogP contribution in [0.3, 0.4) is 0 Å². The molecule has 164 valence electrons. The van der Waals surface area contributed by atoms with Crippen molar-refractivity contribution in [2.45, 2.75) is 12.8 Å². The first-order valence-electron chi connectivity index (χ1n) is 10.3. The molecule has 0 aromatic heterocycles. The lowest BCUT2D eigenvalue weighted by atomic mass is 9.95. The molecule has 7 nitrogen and oxygen atoms in total.